The molecule has 0 radical (unpaired) electrons. The van der Waals surface area contributed by atoms with E-state index in [0.29, 0.717) is 35.0 Å². The number of carbonyl (C=O) groups excluding carboxylic acids is 2. The van der Waals surface area contributed by atoms with Gasteiger partial charge in [0.05, 0.1) is 30.3 Å². The Morgan fingerprint density at radius 1 is 1.12 bits per heavy atom. The third-order valence-corrected chi connectivity index (χ3v) is 5.43. The molecule has 1 fully saturated rings. The monoisotopic (exact) mass is 441 g/mol. The highest BCUT2D eigenvalue weighted by Crippen LogP contribution is 2.33. The molecule has 1 aliphatic heterocycles. The normalized spacial score (nSPS) is 15.1. The van der Waals surface area contributed by atoms with Gasteiger partial charge in [0, 0.05) is 24.7 Å². The molecule has 1 heterocycles. The average Bonchev–Trinajstić information content (AvgIpc) is 3.24. The van der Waals surface area contributed by atoms with Gasteiger partial charge in [-0.15, -0.1) is 0 Å². The van der Waals surface area contributed by atoms with Gasteiger partial charge < -0.3 is 19.7 Å². The third-order valence-electron chi connectivity index (χ3n) is 5.43. The number of carbonyl (C=O) groups is 2. The maximum absolute atomic E-state index is 12.9. The lowest BCUT2D eigenvalue weighted by molar-refractivity contribution is -0.122. The largest absolute Gasteiger partial charge is 0.495 e. The summed E-state index contributed by atoms with van der Waals surface area (Å²) in [4.78, 5) is 27.0. The lowest BCUT2D eigenvalue weighted by Crippen LogP contribution is -2.28. The molecule has 0 saturated carbocycles. The molecule has 0 spiro atoms. The molecule has 7 nitrogen and oxygen atoms in total. The van der Waals surface area contributed by atoms with E-state index in [9.17, 15) is 9.59 Å². The van der Waals surface area contributed by atoms with Gasteiger partial charge in [0.2, 0.25) is 11.8 Å². The van der Waals surface area contributed by atoms with Gasteiger partial charge in [-0.2, -0.15) is 5.26 Å². The van der Waals surface area contributed by atoms with E-state index in [-0.39, 0.29) is 24.8 Å². The summed E-state index contributed by atoms with van der Waals surface area (Å²) in [6.45, 7) is 0.592. The summed E-state index contributed by atoms with van der Waals surface area (Å²) in [7, 11) is 1.55. The summed E-state index contributed by atoms with van der Waals surface area (Å²) in [5.74, 6) is 0.377. The Labute approximate surface area is 192 Å². The van der Waals surface area contributed by atoms with Crippen LogP contribution in [0.5, 0.6) is 11.5 Å². The van der Waals surface area contributed by atoms with E-state index in [1.54, 1.807) is 54.5 Å². The number of para-hydroxylation sites is 2. The molecule has 7 heteroatoms. The molecular weight excluding hydrogens is 418 g/mol. The predicted molar refractivity (Wildman–Crippen MR) is 124 cm³/mol. The minimum Gasteiger partial charge on any atom is -0.495 e. The Morgan fingerprint density at radius 2 is 1.94 bits per heavy atom. The molecule has 1 atom stereocenters. The van der Waals surface area contributed by atoms with Gasteiger partial charge in [0.15, 0.2) is 0 Å². The van der Waals surface area contributed by atoms with Crippen LogP contribution < -0.4 is 19.7 Å². The van der Waals surface area contributed by atoms with E-state index >= 15 is 0 Å². The fraction of sp³-hybridized carbons (Fsp3) is 0.192. The summed E-state index contributed by atoms with van der Waals surface area (Å²) >= 11 is 0. The van der Waals surface area contributed by atoms with Crippen LogP contribution in [0.3, 0.4) is 0 Å². The van der Waals surface area contributed by atoms with Crippen molar-refractivity contribution in [3.63, 3.8) is 0 Å². The first kappa shape index (κ1) is 21.9. The number of benzene rings is 3. The first-order valence-corrected chi connectivity index (χ1v) is 10.5. The molecule has 1 N–H and O–H groups in total. The van der Waals surface area contributed by atoms with E-state index < -0.39 is 5.92 Å². The topological polar surface area (TPSA) is 91.7 Å². The molecular formula is C26H23N3O4. The lowest BCUT2D eigenvalue weighted by Gasteiger charge is -2.19. The first-order valence-electron chi connectivity index (χ1n) is 10.5. The van der Waals surface area contributed by atoms with E-state index in [4.69, 9.17) is 14.7 Å². The van der Waals surface area contributed by atoms with E-state index in [0.717, 1.165) is 5.56 Å². The third kappa shape index (κ3) is 5.13. The van der Waals surface area contributed by atoms with Gasteiger partial charge >= 0.3 is 0 Å². The zero-order chi connectivity index (χ0) is 23.2. The Morgan fingerprint density at radius 3 is 2.76 bits per heavy atom. The van der Waals surface area contributed by atoms with Crippen LogP contribution in [0.4, 0.5) is 11.4 Å². The number of ether oxygens (including phenoxy) is 2. The summed E-state index contributed by atoms with van der Waals surface area (Å²) in [5.41, 5.74) is 2.71. The molecule has 0 aromatic heterocycles. The predicted octanol–water partition coefficient (Wildman–Crippen LogP) is 4.14. The fourth-order valence-corrected chi connectivity index (χ4v) is 3.77. The van der Waals surface area contributed by atoms with Crippen molar-refractivity contribution < 1.29 is 19.1 Å². The molecule has 1 saturated heterocycles. The van der Waals surface area contributed by atoms with Crippen molar-refractivity contribution in [2.45, 2.75) is 13.0 Å². The zero-order valence-electron chi connectivity index (χ0n) is 18.2. The number of nitriles is 1. The van der Waals surface area contributed by atoms with Crippen molar-refractivity contribution >= 4 is 23.2 Å². The molecule has 1 unspecified atom stereocenters. The second-order valence-corrected chi connectivity index (χ2v) is 7.70. The fourth-order valence-electron chi connectivity index (χ4n) is 3.77. The number of methoxy groups -OCH3 is 1. The molecule has 1 aliphatic rings. The van der Waals surface area contributed by atoms with Gasteiger partial charge in [-0.1, -0.05) is 30.3 Å². The highest BCUT2D eigenvalue weighted by atomic mass is 16.5. The van der Waals surface area contributed by atoms with Gasteiger partial charge in [-0.3, -0.25) is 9.59 Å². The summed E-state index contributed by atoms with van der Waals surface area (Å²) < 4.78 is 11.2. The minimum absolute atomic E-state index is 0.115. The smallest absolute Gasteiger partial charge is 0.229 e. The summed E-state index contributed by atoms with van der Waals surface area (Å²) in [6.07, 6.45) is 0.134. The van der Waals surface area contributed by atoms with Crippen LogP contribution in [0.15, 0.2) is 72.8 Å². The Kier molecular flexibility index (Phi) is 6.56. The van der Waals surface area contributed by atoms with E-state index in [1.165, 1.54) is 0 Å². The molecule has 0 aliphatic carbocycles. The van der Waals surface area contributed by atoms with E-state index in [1.807, 2.05) is 30.3 Å². The number of nitrogens with one attached hydrogen (secondary N) is 1. The zero-order valence-corrected chi connectivity index (χ0v) is 18.2. The van der Waals surface area contributed by atoms with Crippen molar-refractivity contribution in [2.24, 2.45) is 5.92 Å². The van der Waals surface area contributed by atoms with E-state index in [2.05, 4.69) is 11.4 Å². The Bertz CT molecular complexity index is 1220. The van der Waals surface area contributed by atoms with Crippen molar-refractivity contribution in [3.05, 3.63) is 83.9 Å². The van der Waals surface area contributed by atoms with Crippen LogP contribution in [0, 0.1) is 17.2 Å². The number of rotatable bonds is 7. The van der Waals surface area contributed by atoms with Crippen molar-refractivity contribution in [1.29, 1.82) is 5.26 Å². The number of anilines is 2. The lowest BCUT2D eigenvalue weighted by atomic mass is 10.1. The molecule has 166 valence electrons. The maximum atomic E-state index is 12.9. The quantitative estimate of drug-likeness (QED) is 0.595. The average molecular weight is 441 g/mol. The molecule has 3 aromatic rings. The van der Waals surface area contributed by atoms with Crippen LogP contribution in [-0.2, 0) is 16.2 Å². The highest BCUT2D eigenvalue weighted by molar-refractivity contribution is 6.04. The SMILES string of the molecule is COc1ccccc1N1CC(C(=O)Nc2cccc(OCc3cccc(C#N)c3)c2)CC1=O. The number of amides is 2. The van der Waals surface area contributed by atoms with Gasteiger partial charge in [-0.25, -0.2) is 0 Å². The highest BCUT2D eigenvalue weighted by Gasteiger charge is 2.36. The van der Waals surface area contributed by atoms with Crippen molar-refractivity contribution in [1.82, 2.24) is 0 Å². The molecule has 3 aromatic carbocycles. The second-order valence-electron chi connectivity index (χ2n) is 7.70. The van der Waals surface area contributed by atoms with Gasteiger partial charge in [-0.05, 0) is 42.0 Å². The molecule has 33 heavy (non-hydrogen) atoms. The summed E-state index contributed by atoms with van der Waals surface area (Å²) in [6, 6.07) is 23.7. The minimum atomic E-state index is -0.472. The standard InChI is InChI=1S/C26H23N3O4/c1-32-24-11-3-2-10-23(24)29-16-20(13-25(29)30)26(31)28-21-8-5-9-22(14-21)33-17-19-7-4-6-18(12-19)15-27/h2-12,14,20H,13,16-17H2,1H3,(H,28,31). The second kappa shape index (κ2) is 9.88. The number of hydrogen-bond acceptors (Lipinski definition) is 5. The maximum Gasteiger partial charge on any atom is 0.229 e. The van der Waals surface area contributed by atoms with Crippen LogP contribution in [0.25, 0.3) is 0 Å². The first-order chi connectivity index (χ1) is 16.1. The Hall–Kier alpha value is -4.31. The molecule has 0 bridgehead atoms. The number of nitrogens with zero attached hydrogens (tertiary/aromatic N) is 2. The van der Waals surface area contributed by atoms with Crippen LogP contribution in [0.2, 0.25) is 0 Å². The van der Waals surface area contributed by atoms with Crippen molar-refractivity contribution in [2.75, 3.05) is 23.9 Å². The summed E-state index contributed by atoms with van der Waals surface area (Å²) in [5, 5.41) is 11.9. The van der Waals surface area contributed by atoms with Crippen molar-refractivity contribution in [3.8, 4) is 17.6 Å². The van der Waals surface area contributed by atoms with Gasteiger partial charge in [0.1, 0.15) is 18.1 Å². The van der Waals surface area contributed by atoms with Crippen LogP contribution in [0.1, 0.15) is 17.5 Å². The van der Waals surface area contributed by atoms with Crippen LogP contribution in [-0.4, -0.2) is 25.5 Å². The molecule has 2 amide bonds. The Balaban J connectivity index is 1.39. The molecule has 4 rings (SSSR count). The number of hydrogen-bond donors (Lipinski definition) is 1. The van der Waals surface area contributed by atoms with Gasteiger partial charge in [0.25, 0.3) is 0 Å². The van der Waals surface area contributed by atoms with Crippen LogP contribution >= 0.6 is 0 Å².